The molecule has 3 N–H and O–H groups in total. The van der Waals surface area contributed by atoms with E-state index >= 15 is 0 Å². The zero-order chi connectivity index (χ0) is 24.3. The smallest absolute Gasteiger partial charge is 0.233 e. The van der Waals surface area contributed by atoms with E-state index in [2.05, 4.69) is 5.32 Å². The Kier molecular flexibility index (Phi) is 6.92. The van der Waals surface area contributed by atoms with Crippen LogP contribution >= 0.6 is 0 Å². The topological polar surface area (TPSA) is 112 Å². The Balaban J connectivity index is 1.49. The third-order valence-electron chi connectivity index (χ3n) is 6.66. The standard InChI is InChI=1S/C27H30N2O5/c1-27(2,34-18-8-4-3-5-9-18)23(31)13-12-19-21(30)15-22-25(19)20-10-6-7-17(26(20)33-22)11-14-24(32)29-16-28/h3-10,12-13,19,21-23,25,30-31H,11,14-15H2,1-2H3,(H,29,32)/t19-,21+,22-,23+,25-/m0/s1. The summed E-state index contributed by atoms with van der Waals surface area (Å²) in [5.74, 6) is 0.852. The molecule has 4 rings (SSSR count). The van der Waals surface area contributed by atoms with Crippen molar-refractivity contribution < 1.29 is 24.5 Å². The number of carbonyl (C=O) groups is 1. The van der Waals surface area contributed by atoms with E-state index in [4.69, 9.17) is 14.7 Å². The van der Waals surface area contributed by atoms with E-state index in [0.29, 0.717) is 18.6 Å². The van der Waals surface area contributed by atoms with Crippen LogP contribution in [0.2, 0.25) is 0 Å². The number of benzene rings is 2. The van der Waals surface area contributed by atoms with Gasteiger partial charge in [-0.15, -0.1) is 0 Å². The van der Waals surface area contributed by atoms with Crippen molar-refractivity contribution in [2.24, 2.45) is 5.92 Å². The predicted molar refractivity (Wildman–Crippen MR) is 126 cm³/mol. The molecule has 0 radical (unpaired) electrons. The van der Waals surface area contributed by atoms with Gasteiger partial charge in [0.25, 0.3) is 0 Å². The molecule has 7 nitrogen and oxygen atoms in total. The van der Waals surface area contributed by atoms with E-state index < -0.39 is 17.8 Å². The number of ether oxygens (including phenoxy) is 2. The number of nitriles is 1. The summed E-state index contributed by atoms with van der Waals surface area (Å²) in [6, 6.07) is 15.2. The van der Waals surface area contributed by atoms with Crippen molar-refractivity contribution in [3.63, 3.8) is 0 Å². The van der Waals surface area contributed by atoms with Crippen molar-refractivity contribution in [3.05, 3.63) is 71.8 Å². The van der Waals surface area contributed by atoms with E-state index in [9.17, 15) is 15.0 Å². The van der Waals surface area contributed by atoms with Crippen LogP contribution in [0, 0.1) is 17.4 Å². The fourth-order valence-electron chi connectivity index (χ4n) is 4.86. The first-order chi connectivity index (χ1) is 16.3. The van der Waals surface area contributed by atoms with Gasteiger partial charge < -0.3 is 19.7 Å². The van der Waals surface area contributed by atoms with Crippen molar-refractivity contribution in [3.8, 4) is 17.7 Å². The molecule has 0 bridgehead atoms. The number of fused-ring (bicyclic) bond motifs is 3. The molecule has 1 heterocycles. The Morgan fingerprint density at radius 2 is 2.06 bits per heavy atom. The Labute approximate surface area is 199 Å². The molecule has 0 aromatic heterocycles. The molecule has 1 aliphatic heterocycles. The zero-order valence-electron chi connectivity index (χ0n) is 19.3. The first-order valence-electron chi connectivity index (χ1n) is 11.5. The third-order valence-corrected chi connectivity index (χ3v) is 6.66. The average molecular weight is 463 g/mol. The molecule has 0 spiro atoms. The molecular formula is C27H30N2O5. The molecule has 0 saturated heterocycles. The van der Waals surface area contributed by atoms with Crippen LogP contribution in [0.5, 0.6) is 11.5 Å². The van der Waals surface area contributed by atoms with Gasteiger partial charge in [0.1, 0.15) is 29.3 Å². The van der Waals surface area contributed by atoms with Crippen LogP contribution in [0.15, 0.2) is 60.7 Å². The van der Waals surface area contributed by atoms with Crippen molar-refractivity contribution >= 4 is 5.91 Å². The molecular weight excluding hydrogens is 432 g/mol. The first kappa shape index (κ1) is 23.8. The fraction of sp³-hybridized carbons (Fsp3) is 0.407. The third kappa shape index (κ3) is 4.93. The summed E-state index contributed by atoms with van der Waals surface area (Å²) >= 11 is 0. The van der Waals surface area contributed by atoms with Crippen LogP contribution < -0.4 is 14.8 Å². The normalized spacial score (nSPS) is 24.1. The number of para-hydroxylation sites is 2. The van der Waals surface area contributed by atoms with Gasteiger partial charge in [-0.25, -0.2) is 0 Å². The summed E-state index contributed by atoms with van der Waals surface area (Å²) in [5.41, 5.74) is 1.06. The van der Waals surface area contributed by atoms with Gasteiger partial charge in [0.15, 0.2) is 6.19 Å². The number of rotatable bonds is 8. The van der Waals surface area contributed by atoms with Crippen LogP contribution in [0.4, 0.5) is 0 Å². The van der Waals surface area contributed by atoms with E-state index in [-0.39, 0.29) is 30.3 Å². The largest absolute Gasteiger partial charge is 0.489 e. The van der Waals surface area contributed by atoms with Gasteiger partial charge in [-0.05, 0) is 38.0 Å². The minimum Gasteiger partial charge on any atom is -0.489 e. The van der Waals surface area contributed by atoms with Crippen LogP contribution in [-0.4, -0.2) is 40.0 Å². The van der Waals surface area contributed by atoms with Gasteiger partial charge in [0.05, 0.1) is 6.10 Å². The van der Waals surface area contributed by atoms with Gasteiger partial charge >= 0.3 is 0 Å². The lowest BCUT2D eigenvalue weighted by Crippen LogP contribution is -2.41. The molecule has 1 fully saturated rings. The molecule has 1 saturated carbocycles. The minimum atomic E-state index is -0.884. The van der Waals surface area contributed by atoms with Crippen LogP contribution in [0.1, 0.15) is 43.7 Å². The monoisotopic (exact) mass is 462 g/mol. The van der Waals surface area contributed by atoms with Crippen molar-refractivity contribution in [1.29, 1.82) is 5.26 Å². The number of aliphatic hydroxyl groups excluding tert-OH is 2. The highest BCUT2D eigenvalue weighted by Crippen LogP contribution is 2.52. The van der Waals surface area contributed by atoms with Crippen molar-refractivity contribution in [2.45, 2.75) is 62.9 Å². The number of amides is 1. The number of aliphatic hydroxyl groups is 2. The number of hydrogen-bond acceptors (Lipinski definition) is 6. The van der Waals surface area contributed by atoms with Crippen LogP contribution in [0.25, 0.3) is 0 Å². The molecule has 0 unspecified atom stereocenters. The SMILES string of the molecule is CC(C)(Oc1ccccc1)[C@H](O)C=C[C@@H]1[C@H]2c3cccc(CCC(=O)NC#N)c3O[C@H]2C[C@H]1O. The minimum absolute atomic E-state index is 0.0421. The molecule has 7 heteroatoms. The lowest BCUT2D eigenvalue weighted by Gasteiger charge is -2.30. The number of hydrogen-bond donors (Lipinski definition) is 3. The molecule has 34 heavy (non-hydrogen) atoms. The highest BCUT2D eigenvalue weighted by atomic mass is 16.5. The predicted octanol–water partition coefficient (Wildman–Crippen LogP) is 3.22. The summed E-state index contributed by atoms with van der Waals surface area (Å²) in [6.07, 6.45) is 4.73. The van der Waals surface area contributed by atoms with Gasteiger partial charge in [0.2, 0.25) is 5.91 Å². The van der Waals surface area contributed by atoms with Gasteiger partial charge in [-0.1, -0.05) is 48.6 Å². The lowest BCUT2D eigenvalue weighted by atomic mass is 9.86. The molecule has 2 aliphatic rings. The summed E-state index contributed by atoms with van der Waals surface area (Å²) < 4.78 is 12.2. The summed E-state index contributed by atoms with van der Waals surface area (Å²) in [5, 5.41) is 32.3. The second-order valence-electron chi connectivity index (χ2n) is 9.41. The van der Waals surface area contributed by atoms with Gasteiger partial charge in [-0.2, -0.15) is 5.26 Å². The Bertz CT molecular complexity index is 1090. The molecule has 1 aliphatic carbocycles. The summed E-state index contributed by atoms with van der Waals surface area (Å²) in [7, 11) is 0. The highest BCUT2D eigenvalue weighted by Gasteiger charge is 2.49. The number of nitrogens with zero attached hydrogens (tertiary/aromatic N) is 1. The second-order valence-corrected chi connectivity index (χ2v) is 9.41. The Morgan fingerprint density at radius 1 is 1.29 bits per heavy atom. The van der Waals surface area contributed by atoms with Crippen LogP contribution in [0.3, 0.4) is 0 Å². The fourth-order valence-corrected chi connectivity index (χ4v) is 4.86. The number of aryl methyl sites for hydroxylation is 1. The van der Waals surface area contributed by atoms with E-state index in [1.54, 1.807) is 12.3 Å². The second kappa shape index (κ2) is 9.88. The Hall–Kier alpha value is -3.34. The van der Waals surface area contributed by atoms with E-state index in [1.165, 1.54) is 0 Å². The summed E-state index contributed by atoms with van der Waals surface area (Å²) in [4.78, 5) is 11.7. The molecule has 1 amide bonds. The van der Waals surface area contributed by atoms with Crippen molar-refractivity contribution in [1.82, 2.24) is 5.32 Å². The number of carbonyl (C=O) groups excluding carboxylic acids is 1. The highest BCUT2D eigenvalue weighted by molar-refractivity contribution is 5.77. The molecule has 2 aromatic carbocycles. The van der Waals surface area contributed by atoms with Crippen LogP contribution in [-0.2, 0) is 11.2 Å². The van der Waals surface area contributed by atoms with Crippen molar-refractivity contribution in [2.75, 3.05) is 0 Å². The first-order valence-corrected chi connectivity index (χ1v) is 11.5. The maximum Gasteiger partial charge on any atom is 0.233 e. The average Bonchev–Trinajstić information content (AvgIpc) is 3.31. The lowest BCUT2D eigenvalue weighted by molar-refractivity contribution is -0.119. The Morgan fingerprint density at radius 3 is 2.79 bits per heavy atom. The molecule has 5 atom stereocenters. The zero-order valence-corrected chi connectivity index (χ0v) is 19.3. The number of nitrogens with one attached hydrogen (secondary N) is 1. The molecule has 178 valence electrons. The van der Waals surface area contributed by atoms with Gasteiger partial charge in [-0.3, -0.25) is 10.1 Å². The maximum absolute atomic E-state index is 11.7. The van der Waals surface area contributed by atoms with Gasteiger partial charge in [0, 0.05) is 30.2 Å². The van der Waals surface area contributed by atoms with E-state index in [0.717, 1.165) is 16.9 Å². The quantitative estimate of drug-likeness (QED) is 0.316. The molecule has 2 aromatic rings. The summed E-state index contributed by atoms with van der Waals surface area (Å²) in [6.45, 7) is 3.65. The van der Waals surface area contributed by atoms with E-state index in [1.807, 2.05) is 68.5 Å². The maximum atomic E-state index is 11.7.